The van der Waals surface area contributed by atoms with Gasteiger partial charge in [0, 0.05) is 0 Å². The van der Waals surface area contributed by atoms with E-state index in [1.807, 2.05) is 13.0 Å². The second-order valence-corrected chi connectivity index (χ2v) is 5.35. The van der Waals surface area contributed by atoms with Gasteiger partial charge in [0.15, 0.2) is 5.15 Å². The molecule has 104 valence electrons. The van der Waals surface area contributed by atoms with Gasteiger partial charge in [-0.05, 0) is 24.6 Å². The first-order chi connectivity index (χ1) is 9.49. The predicted molar refractivity (Wildman–Crippen MR) is 84.3 cm³/mol. The number of anilines is 1. The molecule has 1 N–H and O–H groups in total. The lowest BCUT2D eigenvalue weighted by Crippen LogP contribution is -2.01. The van der Waals surface area contributed by atoms with Crippen molar-refractivity contribution in [2.24, 2.45) is 5.10 Å². The number of nitrogens with one attached hydrogen (secondary N) is 1. The number of hydrazone groups is 1. The van der Waals surface area contributed by atoms with Crippen LogP contribution in [0.2, 0.25) is 20.2 Å². The summed E-state index contributed by atoms with van der Waals surface area (Å²) in [5.74, 6) is 0. The van der Waals surface area contributed by atoms with Gasteiger partial charge in [0.2, 0.25) is 0 Å². The van der Waals surface area contributed by atoms with Crippen LogP contribution in [0.15, 0.2) is 29.5 Å². The van der Waals surface area contributed by atoms with Gasteiger partial charge in [-0.1, -0.05) is 52.5 Å². The summed E-state index contributed by atoms with van der Waals surface area (Å²) in [6.45, 7) is 1.82. The molecule has 0 bridgehead atoms. The van der Waals surface area contributed by atoms with E-state index in [4.69, 9.17) is 46.4 Å². The van der Waals surface area contributed by atoms with E-state index in [0.717, 1.165) is 5.56 Å². The Morgan fingerprint density at radius 1 is 1.15 bits per heavy atom. The molecular weight excluding hydrogens is 342 g/mol. The Labute approximate surface area is 135 Å². The van der Waals surface area contributed by atoms with Gasteiger partial charge in [0.1, 0.15) is 5.02 Å². The fraction of sp³-hybridized carbons (Fsp3) is 0.0833. The Balaban J connectivity index is 2.22. The maximum Gasteiger partial charge on any atom is 0.172 e. The van der Waals surface area contributed by atoms with Crippen molar-refractivity contribution in [3.05, 3.63) is 50.2 Å². The van der Waals surface area contributed by atoms with Gasteiger partial charge in [-0.15, -0.1) is 5.10 Å². The molecule has 2 aromatic rings. The number of halogens is 4. The quantitative estimate of drug-likeness (QED) is 0.631. The fourth-order valence-electron chi connectivity index (χ4n) is 1.36. The molecule has 0 saturated carbocycles. The van der Waals surface area contributed by atoms with Gasteiger partial charge in [-0.3, -0.25) is 5.43 Å². The summed E-state index contributed by atoms with van der Waals surface area (Å²) in [7, 11) is 0. The number of benzene rings is 1. The molecule has 8 heteroatoms. The van der Waals surface area contributed by atoms with Gasteiger partial charge >= 0.3 is 0 Å². The van der Waals surface area contributed by atoms with E-state index in [2.05, 4.69) is 20.7 Å². The standard InChI is InChI=1S/C12H8Cl4N4/c1-6(7-2-3-8(13)9(14)4-7)18-19-10-5-17-20-12(16)11(10)15/h2-5H,1H3,(H,19,20). The third-order valence-electron chi connectivity index (χ3n) is 2.43. The first kappa shape index (κ1) is 15.3. The van der Waals surface area contributed by atoms with E-state index in [1.165, 1.54) is 6.20 Å². The normalized spacial score (nSPS) is 11.6. The largest absolute Gasteiger partial charge is 0.275 e. The molecule has 0 spiro atoms. The van der Waals surface area contributed by atoms with Gasteiger partial charge in [-0.2, -0.15) is 10.2 Å². The minimum atomic E-state index is 0.110. The Bertz CT molecular complexity index is 673. The van der Waals surface area contributed by atoms with E-state index in [0.29, 0.717) is 21.4 Å². The molecule has 0 aliphatic rings. The predicted octanol–water partition coefficient (Wildman–Crippen LogP) is 4.93. The van der Waals surface area contributed by atoms with Crippen LogP contribution in [0.5, 0.6) is 0 Å². The molecule has 2 rings (SSSR count). The summed E-state index contributed by atoms with van der Waals surface area (Å²) in [5.41, 5.74) is 4.77. The topological polar surface area (TPSA) is 50.2 Å². The summed E-state index contributed by atoms with van der Waals surface area (Å²) < 4.78 is 0. The lowest BCUT2D eigenvalue weighted by molar-refractivity contribution is 1.03. The summed E-state index contributed by atoms with van der Waals surface area (Å²) >= 11 is 23.5. The van der Waals surface area contributed by atoms with Crippen molar-refractivity contribution in [2.45, 2.75) is 6.92 Å². The molecule has 1 aromatic heterocycles. The summed E-state index contributed by atoms with van der Waals surface area (Å²) in [5, 5.41) is 12.8. The van der Waals surface area contributed by atoms with E-state index in [9.17, 15) is 0 Å². The van der Waals surface area contributed by atoms with Crippen LogP contribution in [-0.2, 0) is 0 Å². The van der Waals surface area contributed by atoms with Gasteiger partial charge in [-0.25, -0.2) is 0 Å². The zero-order valence-corrected chi connectivity index (χ0v) is 13.2. The molecule has 0 atom stereocenters. The Morgan fingerprint density at radius 2 is 1.90 bits per heavy atom. The van der Waals surface area contributed by atoms with Gasteiger partial charge in [0.25, 0.3) is 0 Å². The van der Waals surface area contributed by atoms with E-state index >= 15 is 0 Å². The molecule has 0 unspecified atom stereocenters. The van der Waals surface area contributed by atoms with Crippen LogP contribution in [-0.4, -0.2) is 15.9 Å². The van der Waals surface area contributed by atoms with Gasteiger partial charge in [0.05, 0.1) is 27.6 Å². The Morgan fingerprint density at radius 3 is 2.60 bits per heavy atom. The average Bonchev–Trinajstić information content (AvgIpc) is 2.43. The number of aromatic nitrogens is 2. The summed E-state index contributed by atoms with van der Waals surface area (Å²) in [6.07, 6.45) is 1.43. The number of hydrogen-bond donors (Lipinski definition) is 1. The van der Waals surface area contributed by atoms with Crippen LogP contribution < -0.4 is 5.43 Å². The van der Waals surface area contributed by atoms with Crippen LogP contribution in [0.1, 0.15) is 12.5 Å². The molecule has 0 aliphatic heterocycles. The minimum absolute atomic E-state index is 0.110. The Kier molecular flexibility index (Phi) is 5.05. The second-order valence-electron chi connectivity index (χ2n) is 3.80. The number of nitrogens with zero attached hydrogens (tertiary/aromatic N) is 3. The van der Waals surface area contributed by atoms with Crippen LogP contribution >= 0.6 is 46.4 Å². The molecule has 1 heterocycles. The molecule has 0 aliphatic carbocycles. The first-order valence-electron chi connectivity index (χ1n) is 5.41. The van der Waals surface area contributed by atoms with E-state index in [1.54, 1.807) is 12.1 Å². The average molecular weight is 350 g/mol. The highest BCUT2D eigenvalue weighted by atomic mass is 35.5. The molecule has 20 heavy (non-hydrogen) atoms. The fourth-order valence-corrected chi connectivity index (χ4v) is 1.93. The highest BCUT2D eigenvalue weighted by Gasteiger charge is 2.06. The highest BCUT2D eigenvalue weighted by molar-refractivity contribution is 6.43. The third kappa shape index (κ3) is 3.52. The Hall–Kier alpha value is -1.07. The van der Waals surface area contributed by atoms with Crippen LogP contribution in [0.4, 0.5) is 5.69 Å². The first-order valence-corrected chi connectivity index (χ1v) is 6.92. The highest BCUT2D eigenvalue weighted by Crippen LogP contribution is 2.27. The molecule has 0 fully saturated rings. The monoisotopic (exact) mass is 348 g/mol. The van der Waals surface area contributed by atoms with Crippen molar-refractivity contribution in [2.75, 3.05) is 5.43 Å². The van der Waals surface area contributed by atoms with Crippen molar-refractivity contribution in [3.8, 4) is 0 Å². The molecule has 0 amide bonds. The molecule has 0 radical (unpaired) electrons. The van der Waals surface area contributed by atoms with Crippen molar-refractivity contribution >= 4 is 57.8 Å². The lowest BCUT2D eigenvalue weighted by Gasteiger charge is -2.06. The van der Waals surface area contributed by atoms with Crippen molar-refractivity contribution < 1.29 is 0 Å². The number of hydrogen-bond acceptors (Lipinski definition) is 4. The van der Waals surface area contributed by atoms with Crippen LogP contribution in [0, 0.1) is 0 Å². The zero-order valence-electron chi connectivity index (χ0n) is 10.2. The maximum atomic E-state index is 5.96. The van der Waals surface area contributed by atoms with Crippen LogP contribution in [0.25, 0.3) is 0 Å². The maximum absolute atomic E-state index is 5.96. The number of rotatable bonds is 3. The smallest absolute Gasteiger partial charge is 0.172 e. The zero-order chi connectivity index (χ0) is 14.7. The van der Waals surface area contributed by atoms with Crippen molar-refractivity contribution in [1.82, 2.24) is 10.2 Å². The third-order valence-corrected chi connectivity index (χ3v) is 3.91. The lowest BCUT2D eigenvalue weighted by atomic mass is 10.1. The second kappa shape index (κ2) is 6.59. The summed E-state index contributed by atoms with van der Waals surface area (Å²) in [6, 6.07) is 5.24. The molecular formula is C12H8Cl4N4. The van der Waals surface area contributed by atoms with Crippen molar-refractivity contribution in [3.63, 3.8) is 0 Å². The van der Waals surface area contributed by atoms with Crippen LogP contribution in [0.3, 0.4) is 0 Å². The molecule has 0 saturated heterocycles. The summed E-state index contributed by atoms with van der Waals surface area (Å²) in [4.78, 5) is 0. The van der Waals surface area contributed by atoms with E-state index in [-0.39, 0.29) is 10.2 Å². The van der Waals surface area contributed by atoms with Gasteiger partial charge < -0.3 is 0 Å². The minimum Gasteiger partial charge on any atom is -0.275 e. The molecule has 4 nitrogen and oxygen atoms in total. The van der Waals surface area contributed by atoms with Crippen molar-refractivity contribution in [1.29, 1.82) is 0 Å². The molecule has 1 aromatic carbocycles. The van der Waals surface area contributed by atoms with E-state index < -0.39 is 0 Å². The SMILES string of the molecule is CC(=NNc1cnnc(Cl)c1Cl)c1ccc(Cl)c(Cl)c1.